The summed E-state index contributed by atoms with van der Waals surface area (Å²) in [7, 11) is 0. The number of carbonyl (C=O) groups excluding carboxylic acids is 2. The van der Waals surface area contributed by atoms with Crippen LogP contribution in [-0.4, -0.2) is 64.0 Å². The number of hydrogen-bond donors (Lipinski definition) is 0. The van der Waals surface area contributed by atoms with Gasteiger partial charge in [0.25, 0.3) is 5.91 Å². The second kappa shape index (κ2) is 9.46. The van der Waals surface area contributed by atoms with Crippen molar-refractivity contribution >= 4 is 11.9 Å². The number of piperidine rings is 1. The van der Waals surface area contributed by atoms with Gasteiger partial charge >= 0.3 is 12.2 Å². The quantitative estimate of drug-likeness (QED) is 0.475. The predicted molar refractivity (Wildman–Crippen MR) is 112 cm³/mol. The first-order valence-electron chi connectivity index (χ1n) is 10.8. The highest BCUT2D eigenvalue weighted by molar-refractivity contribution is 6.02. The van der Waals surface area contributed by atoms with E-state index >= 15 is 0 Å². The highest BCUT2D eigenvalue weighted by Gasteiger charge is 2.42. The molecule has 0 radical (unpaired) electrons. The fraction of sp³-hybridized carbons (Fsp3) is 0.435. The number of pyridine rings is 1. The molecule has 4 rings (SSSR count). The number of halogens is 4. The van der Waals surface area contributed by atoms with Gasteiger partial charge in [0.05, 0.1) is 11.4 Å². The molecule has 176 valence electrons. The van der Waals surface area contributed by atoms with Crippen molar-refractivity contribution in [1.29, 1.82) is 0 Å². The normalized spacial score (nSPS) is 17.8. The lowest BCUT2D eigenvalue weighted by Crippen LogP contribution is -2.39. The third kappa shape index (κ3) is 5.68. The van der Waals surface area contributed by atoms with Crippen LogP contribution in [0.4, 0.5) is 22.4 Å². The van der Waals surface area contributed by atoms with Crippen molar-refractivity contribution in [1.82, 2.24) is 19.7 Å². The van der Waals surface area contributed by atoms with Crippen molar-refractivity contribution in [3.8, 4) is 11.3 Å². The Labute approximate surface area is 188 Å². The lowest BCUT2D eigenvalue weighted by molar-refractivity contribution is -0.151. The molecule has 1 aromatic carbocycles. The summed E-state index contributed by atoms with van der Waals surface area (Å²) >= 11 is 0. The van der Waals surface area contributed by atoms with Crippen LogP contribution in [0.1, 0.15) is 30.5 Å². The van der Waals surface area contributed by atoms with Crippen LogP contribution in [0, 0.1) is 5.82 Å². The zero-order valence-electron chi connectivity index (χ0n) is 17.9. The number of carbonyl (C=O) groups is 2. The fourth-order valence-electron chi connectivity index (χ4n) is 4.14. The number of likely N-dealkylation sites (tertiary alicyclic amines) is 1. The Bertz CT molecular complexity index is 1020. The Hall–Kier alpha value is -3.01. The van der Waals surface area contributed by atoms with Gasteiger partial charge in [0.15, 0.2) is 0 Å². The topological polar surface area (TPSA) is 56.8 Å². The van der Waals surface area contributed by atoms with E-state index in [-0.39, 0.29) is 17.3 Å². The number of benzene rings is 1. The van der Waals surface area contributed by atoms with Crippen molar-refractivity contribution in [2.45, 2.75) is 38.5 Å². The molecule has 0 spiro atoms. The van der Waals surface area contributed by atoms with Crippen molar-refractivity contribution in [2.24, 2.45) is 0 Å². The first kappa shape index (κ1) is 23.2. The fourth-order valence-corrected chi connectivity index (χ4v) is 4.14. The maximum atomic E-state index is 14.3. The van der Waals surface area contributed by atoms with Gasteiger partial charge in [0, 0.05) is 18.7 Å². The van der Waals surface area contributed by atoms with Gasteiger partial charge < -0.3 is 4.90 Å². The van der Waals surface area contributed by atoms with Crippen LogP contribution in [0.3, 0.4) is 0 Å². The van der Waals surface area contributed by atoms with Crippen molar-refractivity contribution < 1.29 is 27.2 Å². The Morgan fingerprint density at radius 2 is 1.61 bits per heavy atom. The van der Waals surface area contributed by atoms with Gasteiger partial charge in [0.1, 0.15) is 18.9 Å². The molecule has 0 bridgehead atoms. The highest BCUT2D eigenvalue weighted by Crippen LogP contribution is 2.24. The summed E-state index contributed by atoms with van der Waals surface area (Å²) in [5.41, 5.74) is 2.41. The maximum Gasteiger partial charge on any atom is 0.406 e. The Morgan fingerprint density at radius 3 is 2.27 bits per heavy atom. The van der Waals surface area contributed by atoms with Crippen LogP contribution in [0.15, 0.2) is 36.4 Å². The molecule has 3 amide bonds. The molecular weight excluding hydrogens is 440 g/mol. The summed E-state index contributed by atoms with van der Waals surface area (Å²) in [6.45, 7) is 0.343. The molecule has 0 atom stereocenters. The van der Waals surface area contributed by atoms with E-state index in [1.54, 1.807) is 30.3 Å². The Morgan fingerprint density at radius 1 is 0.909 bits per heavy atom. The number of rotatable bonds is 6. The molecule has 0 saturated carbocycles. The summed E-state index contributed by atoms with van der Waals surface area (Å²) in [5.74, 6) is -1.22. The van der Waals surface area contributed by atoms with Crippen LogP contribution in [0.25, 0.3) is 11.3 Å². The van der Waals surface area contributed by atoms with Gasteiger partial charge in [-0.1, -0.05) is 30.7 Å². The van der Waals surface area contributed by atoms with E-state index in [9.17, 15) is 27.2 Å². The number of nitrogens with zero attached hydrogens (tertiary/aromatic N) is 4. The van der Waals surface area contributed by atoms with E-state index in [1.165, 1.54) is 12.5 Å². The molecule has 2 aliphatic rings. The van der Waals surface area contributed by atoms with Crippen molar-refractivity contribution in [3.05, 3.63) is 53.5 Å². The lowest BCUT2D eigenvalue weighted by atomic mass is 10.1. The summed E-state index contributed by atoms with van der Waals surface area (Å²) in [4.78, 5) is 32.0. The van der Waals surface area contributed by atoms with Crippen LogP contribution < -0.4 is 0 Å². The van der Waals surface area contributed by atoms with Gasteiger partial charge in [-0.05, 0) is 43.6 Å². The van der Waals surface area contributed by atoms with E-state index in [4.69, 9.17) is 0 Å². The number of urea groups is 1. The molecule has 2 fully saturated rings. The van der Waals surface area contributed by atoms with Crippen molar-refractivity contribution in [3.63, 3.8) is 0 Å². The van der Waals surface area contributed by atoms with Crippen molar-refractivity contribution in [2.75, 3.05) is 26.2 Å². The molecule has 0 unspecified atom stereocenters. The minimum atomic E-state index is -4.64. The smallest absolute Gasteiger partial charge is 0.311 e. The maximum absolute atomic E-state index is 14.3. The number of alkyl halides is 3. The van der Waals surface area contributed by atoms with Gasteiger partial charge in [-0.3, -0.25) is 14.6 Å². The van der Waals surface area contributed by atoms with Gasteiger partial charge in [-0.25, -0.2) is 14.2 Å². The average molecular weight is 464 g/mol. The molecule has 2 saturated heterocycles. The van der Waals surface area contributed by atoms with Crippen LogP contribution in [0.2, 0.25) is 0 Å². The second-order valence-electron chi connectivity index (χ2n) is 8.39. The molecule has 33 heavy (non-hydrogen) atoms. The molecule has 6 nitrogen and oxygen atoms in total. The van der Waals surface area contributed by atoms with Gasteiger partial charge in [-0.2, -0.15) is 13.2 Å². The Balaban J connectivity index is 1.43. The first-order valence-corrected chi connectivity index (χ1v) is 10.8. The lowest BCUT2D eigenvalue weighted by Gasteiger charge is -2.26. The third-order valence-corrected chi connectivity index (χ3v) is 5.83. The largest absolute Gasteiger partial charge is 0.406 e. The molecule has 10 heteroatoms. The standard InChI is InChI=1S/C23H24F4N4O2/c24-18-8-9-19(28-20(18)13-29-10-2-1-3-11-29)17-6-4-16(5-7-17)12-30-14-21(32)31(22(30)33)15-23(25,26)27/h4-9H,1-3,10-15H2. The van der Waals surface area contributed by atoms with Gasteiger partial charge in [-0.15, -0.1) is 0 Å². The number of amides is 3. The first-order chi connectivity index (χ1) is 15.7. The summed E-state index contributed by atoms with van der Waals surface area (Å²) < 4.78 is 52.1. The van der Waals surface area contributed by atoms with E-state index in [0.717, 1.165) is 36.4 Å². The molecule has 0 N–H and O–H groups in total. The van der Waals surface area contributed by atoms with Crippen LogP contribution in [-0.2, 0) is 17.9 Å². The minimum absolute atomic E-state index is 0.0102. The van der Waals surface area contributed by atoms with Gasteiger partial charge in [0.2, 0.25) is 0 Å². The van der Waals surface area contributed by atoms with E-state index in [2.05, 4.69) is 9.88 Å². The highest BCUT2D eigenvalue weighted by atomic mass is 19.4. The average Bonchev–Trinajstić information content (AvgIpc) is 3.03. The Kier molecular flexibility index (Phi) is 6.64. The SMILES string of the molecule is O=C1CN(Cc2ccc(-c3ccc(F)c(CN4CCCCC4)n3)cc2)C(=O)N1CC(F)(F)F. The van der Waals surface area contributed by atoms with Crippen LogP contribution >= 0.6 is 0 Å². The third-order valence-electron chi connectivity index (χ3n) is 5.83. The summed E-state index contributed by atoms with van der Waals surface area (Å²) in [6, 6.07) is 9.00. The summed E-state index contributed by atoms with van der Waals surface area (Å²) in [5, 5.41) is 0. The minimum Gasteiger partial charge on any atom is -0.311 e. The number of aromatic nitrogens is 1. The molecule has 1 aromatic heterocycles. The molecule has 2 aliphatic heterocycles. The zero-order valence-corrected chi connectivity index (χ0v) is 17.9. The zero-order chi connectivity index (χ0) is 23.6. The van der Waals surface area contributed by atoms with E-state index in [1.807, 2.05) is 0 Å². The molecule has 0 aliphatic carbocycles. The number of hydrogen-bond acceptors (Lipinski definition) is 4. The molecular formula is C23H24F4N4O2. The monoisotopic (exact) mass is 464 g/mol. The molecule has 2 aromatic rings. The van der Waals surface area contributed by atoms with Crippen LogP contribution in [0.5, 0.6) is 0 Å². The second-order valence-corrected chi connectivity index (χ2v) is 8.39. The van der Waals surface area contributed by atoms with E-state index in [0.29, 0.717) is 23.5 Å². The summed E-state index contributed by atoms with van der Waals surface area (Å²) in [6.07, 6.45) is -1.25. The predicted octanol–water partition coefficient (Wildman–Crippen LogP) is 4.20. The van der Waals surface area contributed by atoms with E-state index < -0.39 is 31.2 Å². The number of imide groups is 1. The molecule has 3 heterocycles.